The van der Waals surface area contributed by atoms with Crippen LogP contribution in [0, 0.1) is 36.5 Å². The maximum Gasteiger partial charge on any atom is 0.238 e. The van der Waals surface area contributed by atoms with Crippen LogP contribution in [0.1, 0.15) is 41.0 Å². The summed E-state index contributed by atoms with van der Waals surface area (Å²) in [6, 6.07) is 19.6. The molecule has 6 atom stereocenters. The lowest BCUT2D eigenvalue weighted by molar-refractivity contribution is -0.126. The largest absolute Gasteiger partial charge is 0.507 e. The molecule has 3 aromatic rings. The minimum absolute atomic E-state index is 0.0757. The number of carbonyl (C=O) groups excluding carboxylic acids is 4. The molecule has 7 heteroatoms. The van der Waals surface area contributed by atoms with Crippen molar-refractivity contribution in [3.63, 3.8) is 0 Å². The van der Waals surface area contributed by atoms with E-state index in [-0.39, 0.29) is 35.8 Å². The Kier molecular flexibility index (Phi) is 6.50. The van der Waals surface area contributed by atoms with Gasteiger partial charge in [-0.3, -0.25) is 29.0 Å². The molecule has 2 aliphatic carbocycles. The van der Waals surface area contributed by atoms with E-state index in [2.05, 4.69) is 13.2 Å². The van der Waals surface area contributed by atoms with Crippen LogP contribution in [0.5, 0.6) is 5.75 Å². The molecule has 0 bridgehead atoms. The van der Waals surface area contributed by atoms with E-state index < -0.39 is 35.5 Å². The number of amides is 4. The Morgan fingerprint density at radius 1 is 0.705 bits per heavy atom. The van der Waals surface area contributed by atoms with Crippen LogP contribution < -0.4 is 9.80 Å². The lowest BCUT2D eigenvalue weighted by atomic mass is 9.57. The van der Waals surface area contributed by atoms with Crippen LogP contribution in [0.2, 0.25) is 0 Å². The van der Waals surface area contributed by atoms with E-state index in [1.165, 1.54) is 9.80 Å². The van der Waals surface area contributed by atoms with Crippen LogP contribution in [0.3, 0.4) is 0 Å². The summed E-state index contributed by atoms with van der Waals surface area (Å²) in [5.41, 5.74) is 4.79. The number of imide groups is 2. The normalized spacial score (nSPS) is 27.5. The van der Waals surface area contributed by atoms with Gasteiger partial charge in [0, 0.05) is 11.5 Å². The monoisotopic (exact) mass is 584 g/mol. The molecule has 2 heterocycles. The first-order valence-corrected chi connectivity index (χ1v) is 14.9. The molecule has 1 N–H and O–H groups in total. The Bertz CT molecular complexity index is 1790. The summed E-state index contributed by atoms with van der Waals surface area (Å²) in [6.45, 7) is 9.35. The van der Waals surface area contributed by atoms with Crippen LogP contribution in [-0.4, -0.2) is 28.7 Å². The first-order chi connectivity index (χ1) is 21.2. The second-order valence-electron chi connectivity index (χ2n) is 12.2. The molecule has 1 saturated carbocycles. The summed E-state index contributed by atoms with van der Waals surface area (Å²) < 4.78 is 0. The average molecular weight is 585 g/mol. The lowest BCUT2D eigenvalue weighted by Gasteiger charge is -2.44. The van der Waals surface area contributed by atoms with E-state index in [9.17, 15) is 24.3 Å². The van der Waals surface area contributed by atoms with Gasteiger partial charge < -0.3 is 5.11 Å². The molecule has 0 unspecified atom stereocenters. The van der Waals surface area contributed by atoms with Gasteiger partial charge in [-0.15, -0.1) is 0 Å². The number of hydrogen-bond acceptors (Lipinski definition) is 5. The number of aryl methyl sites for hydroxylation is 1. The number of allylic oxidation sites excluding steroid dienone is 2. The molecule has 7 nitrogen and oxygen atoms in total. The maximum absolute atomic E-state index is 14.2. The Labute approximate surface area is 255 Å². The second-order valence-corrected chi connectivity index (χ2v) is 12.2. The van der Waals surface area contributed by atoms with Gasteiger partial charge in [0.25, 0.3) is 0 Å². The molecule has 0 spiro atoms. The van der Waals surface area contributed by atoms with Crippen molar-refractivity contribution in [1.29, 1.82) is 0 Å². The topological polar surface area (TPSA) is 95.0 Å². The van der Waals surface area contributed by atoms with E-state index in [4.69, 9.17) is 0 Å². The van der Waals surface area contributed by atoms with Crippen molar-refractivity contribution in [1.82, 2.24) is 0 Å². The zero-order valence-electron chi connectivity index (χ0n) is 24.4. The van der Waals surface area contributed by atoms with Gasteiger partial charge in [0.2, 0.25) is 23.6 Å². The van der Waals surface area contributed by atoms with Crippen molar-refractivity contribution in [3.8, 4) is 5.75 Å². The number of rotatable bonds is 5. The predicted molar refractivity (Wildman–Crippen MR) is 168 cm³/mol. The average Bonchev–Trinajstić information content (AvgIpc) is 3.45. The summed E-state index contributed by atoms with van der Waals surface area (Å²) in [5.74, 6) is -4.85. The summed E-state index contributed by atoms with van der Waals surface area (Å²) in [7, 11) is 0. The van der Waals surface area contributed by atoms with E-state index >= 15 is 0 Å². The Morgan fingerprint density at radius 2 is 1.25 bits per heavy atom. The van der Waals surface area contributed by atoms with Gasteiger partial charge in [-0.1, -0.05) is 79.4 Å². The number of benzene rings is 3. The van der Waals surface area contributed by atoms with Crippen molar-refractivity contribution < 1.29 is 24.3 Å². The molecule has 220 valence electrons. The number of carbonyl (C=O) groups is 4. The fraction of sp³-hybridized carbons (Fsp3) is 0.243. The van der Waals surface area contributed by atoms with Gasteiger partial charge in [-0.25, -0.2) is 0 Å². The third-order valence-corrected chi connectivity index (χ3v) is 10.0. The summed E-state index contributed by atoms with van der Waals surface area (Å²) in [5, 5.41) is 11.3. The summed E-state index contributed by atoms with van der Waals surface area (Å²) >= 11 is 0. The zero-order chi connectivity index (χ0) is 30.9. The predicted octanol–water partition coefficient (Wildman–Crippen LogP) is 6.03. The fourth-order valence-corrected chi connectivity index (χ4v) is 7.90. The number of hydrogen-bond donors (Lipinski definition) is 1. The quantitative estimate of drug-likeness (QED) is 0.292. The van der Waals surface area contributed by atoms with Gasteiger partial charge in [-0.2, -0.15) is 0 Å². The van der Waals surface area contributed by atoms with Crippen molar-refractivity contribution in [2.24, 2.45) is 29.6 Å². The first kappa shape index (κ1) is 27.8. The van der Waals surface area contributed by atoms with Crippen LogP contribution in [0.25, 0.3) is 12.2 Å². The Hall–Kier alpha value is -5.04. The molecule has 0 aromatic heterocycles. The van der Waals surface area contributed by atoms with Crippen molar-refractivity contribution in [3.05, 3.63) is 114 Å². The third kappa shape index (κ3) is 3.95. The number of phenols is 1. The number of para-hydroxylation sites is 1. The van der Waals surface area contributed by atoms with Crippen molar-refractivity contribution in [2.75, 3.05) is 9.80 Å². The van der Waals surface area contributed by atoms with Gasteiger partial charge in [0.1, 0.15) is 5.75 Å². The smallest absolute Gasteiger partial charge is 0.238 e. The van der Waals surface area contributed by atoms with Crippen molar-refractivity contribution in [2.45, 2.75) is 25.7 Å². The van der Waals surface area contributed by atoms with Crippen LogP contribution in [-0.2, 0) is 19.2 Å². The van der Waals surface area contributed by atoms with E-state index in [0.717, 1.165) is 16.7 Å². The molecule has 0 radical (unpaired) electrons. The number of fused-ring (bicyclic) bond motifs is 4. The highest BCUT2D eigenvalue weighted by atomic mass is 16.3. The molecule has 44 heavy (non-hydrogen) atoms. The van der Waals surface area contributed by atoms with Gasteiger partial charge in [-0.05, 0) is 66.6 Å². The summed E-state index contributed by atoms with van der Waals surface area (Å²) in [4.78, 5) is 58.8. The number of nitrogens with zero attached hydrogens (tertiary/aromatic N) is 2. The van der Waals surface area contributed by atoms with Gasteiger partial charge in [0.05, 0.1) is 35.0 Å². The molecular formula is C37H32N2O5. The summed E-state index contributed by atoms with van der Waals surface area (Å²) in [6.07, 6.45) is 6.00. The number of anilines is 2. The Morgan fingerprint density at radius 3 is 1.82 bits per heavy atom. The second kappa shape index (κ2) is 10.3. The minimum atomic E-state index is -0.747. The highest BCUT2D eigenvalue weighted by Crippen LogP contribution is 2.59. The molecule has 7 rings (SSSR count). The lowest BCUT2D eigenvalue weighted by Crippen LogP contribution is -2.43. The number of aromatic hydroxyl groups is 1. The third-order valence-electron chi connectivity index (χ3n) is 10.0. The molecule has 2 saturated heterocycles. The van der Waals surface area contributed by atoms with E-state index in [0.29, 0.717) is 28.9 Å². The molecular weight excluding hydrogens is 552 g/mol. The standard InChI is InChI=1S/C37H32N2O5/c1-4-21-9-13-23(14-10-21)38-34(41)27-18-17-25-28(31(27)36(38)43)19-29-32(30(25)26-8-6-7-20(3)33(26)40)37(44)39(35(29)42)24-15-11-22(5-2)12-16-24/h4-17,27-32,40H,1-2,18-19H2,3H3/t27-,28+,29+,30+,31-,32+/m0/s1. The molecule has 3 fully saturated rings. The number of phenolic OH excluding ortho intramolecular Hbond substituents is 1. The molecule has 4 amide bonds. The SMILES string of the molecule is C=Cc1ccc(N2C(=O)[C@H]3[C@H](CC=C4[C@H]3C[C@H]3C(=O)N(c5ccc(C=C)cc5)C(=O)[C@H]3[C@H]4c3cccc(C)c3O)C2=O)cc1. The zero-order valence-corrected chi connectivity index (χ0v) is 24.4. The van der Waals surface area contributed by atoms with E-state index in [1.54, 1.807) is 67.6 Å². The first-order valence-electron chi connectivity index (χ1n) is 14.9. The Balaban J connectivity index is 1.33. The highest BCUT2D eigenvalue weighted by molar-refractivity contribution is 6.24. The molecule has 2 aliphatic heterocycles. The highest BCUT2D eigenvalue weighted by Gasteiger charge is 2.62. The molecule has 3 aromatic carbocycles. The van der Waals surface area contributed by atoms with Crippen LogP contribution >= 0.6 is 0 Å². The van der Waals surface area contributed by atoms with Crippen LogP contribution in [0.15, 0.2) is 91.5 Å². The van der Waals surface area contributed by atoms with Crippen LogP contribution in [0.4, 0.5) is 11.4 Å². The minimum Gasteiger partial charge on any atom is -0.507 e. The van der Waals surface area contributed by atoms with Gasteiger partial charge >= 0.3 is 0 Å². The fourth-order valence-electron chi connectivity index (χ4n) is 7.90. The van der Waals surface area contributed by atoms with Gasteiger partial charge in [0.15, 0.2) is 0 Å². The van der Waals surface area contributed by atoms with E-state index in [1.807, 2.05) is 24.3 Å². The van der Waals surface area contributed by atoms with Crippen molar-refractivity contribution >= 4 is 47.2 Å². The maximum atomic E-state index is 14.2. The molecule has 4 aliphatic rings.